The maximum Gasteiger partial charge on any atom is 0.303 e. The van der Waals surface area contributed by atoms with Crippen LogP contribution in [0.4, 0.5) is 0 Å². The zero-order valence-electron chi connectivity index (χ0n) is 12.0. The van der Waals surface area contributed by atoms with Crippen LogP contribution >= 0.6 is 0 Å². The number of ketones is 1. The number of carboxylic acids is 1. The fourth-order valence-electron chi connectivity index (χ4n) is 2.19. The van der Waals surface area contributed by atoms with Crippen LogP contribution in [0, 0.1) is 13.8 Å². The highest BCUT2D eigenvalue weighted by Crippen LogP contribution is 2.22. The van der Waals surface area contributed by atoms with Gasteiger partial charge in [0.2, 0.25) is 0 Å². The molecule has 1 atom stereocenters. The van der Waals surface area contributed by atoms with E-state index in [0.717, 1.165) is 24.0 Å². The summed E-state index contributed by atoms with van der Waals surface area (Å²) >= 11 is 0. The summed E-state index contributed by atoms with van der Waals surface area (Å²) in [6.45, 7) is 3.99. The second-order valence-electron chi connectivity index (χ2n) is 5.59. The van der Waals surface area contributed by atoms with Gasteiger partial charge in [0.1, 0.15) is 0 Å². The van der Waals surface area contributed by atoms with Gasteiger partial charge in [0, 0.05) is 18.0 Å². The normalized spacial score (nSPS) is 15.9. The Hall–Kier alpha value is -1.68. The Balaban J connectivity index is 2.10. The molecule has 2 rings (SSSR count). The molecule has 1 unspecified atom stereocenters. The minimum absolute atomic E-state index is 0.00116. The summed E-state index contributed by atoms with van der Waals surface area (Å²) in [5, 5.41) is 12.1. The predicted molar refractivity (Wildman–Crippen MR) is 77.1 cm³/mol. The van der Waals surface area contributed by atoms with Gasteiger partial charge in [0.15, 0.2) is 5.78 Å². The summed E-state index contributed by atoms with van der Waals surface area (Å²) in [7, 11) is 0. The molecule has 4 nitrogen and oxygen atoms in total. The van der Waals surface area contributed by atoms with E-state index >= 15 is 0 Å². The lowest BCUT2D eigenvalue weighted by atomic mass is 9.97. The number of carbonyl (C=O) groups excluding carboxylic acids is 1. The smallest absolute Gasteiger partial charge is 0.303 e. The summed E-state index contributed by atoms with van der Waals surface area (Å²) in [5.41, 5.74) is 2.90. The Kier molecular flexibility index (Phi) is 4.55. The molecule has 2 N–H and O–H groups in total. The molecule has 0 radical (unpaired) electrons. The molecule has 1 fully saturated rings. The van der Waals surface area contributed by atoms with Gasteiger partial charge in [-0.3, -0.25) is 9.59 Å². The van der Waals surface area contributed by atoms with E-state index in [9.17, 15) is 9.59 Å². The zero-order chi connectivity index (χ0) is 14.7. The number of hydrogen-bond donors (Lipinski definition) is 2. The van der Waals surface area contributed by atoms with Crippen molar-refractivity contribution in [2.24, 2.45) is 0 Å². The lowest BCUT2D eigenvalue weighted by Crippen LogP contribution is -2.38. The average molecular weight is 275 g/mol. The monoisotopic (exact) mass is 275 g/mol. The molecule has 0 bridgehead atoms. The summed E-state index contributed by atoms with van der Waals surface area (Å²) < 4.78 is 0. The number of hydrogen-bond acceptors (Lipinski definition) is 3. The molecular weight excluding hydrogens is 254 g/mol. The largest absolute Gasteiger partial charge is 0.481 e. The number of aliphatic carboxylic acids is 1. The summed E-state index contributed by atoms with van der Waals surface area (Å²) in [6.07, 6.45) is 2.51. The van der Waals surface area contributed by atoms with Gasteiger partial charge in [-0.2, -0.15) is 0 Å². The number of rotatable bonds is 7. The van der Waals surface area contributed by atoms with Crippen LogP contribution in [0.15, 0.2) is 18.2 Å². The standard InChI is InChI=1S/C16H21NO3/c1-10-3-4-12(9-11(10)2)16(20)14(7-8-15(18)19)17-13-5-6-13/h3-4,9,13-14,17H,5-8H2,1-2H3,(H,18,19). The van der Waals surface area contributed by atoms with Gasteiger partial charge in [-0.15, -0.1) is 0 Å². The minimum atomic E-state index is -0.861. The fourth-order valence-corrected chi connectivity index (χ4v) is 2.19. The van der Waals surface area contributed by atoms with Crippen LogP contribution in [0.2, 0.25) is 0 Å². The lowest BCUT2D eigenvalue weighted by molar-refractivity contribution is -0.137. The molecule has 1 aliphatic rings. The second-order valence-corrected chi connectivity index (χ2v) is 5.59. The van der Waals surface area contributed by atoms with Crippen LogP contribution in [-0.2, 0) is 4.79 Å². The minimum Gasteiger partial charge on any atom is -0.481 e. The molecule has 108 valence electrons. The summed E-state index contributed by atoms with van der Waals surface area (Å²) in [6, 6.07) is 5.64. The van der Waals surface area contributed by atoms with Crippen molar-refractivity contribution in [3.8, 4) is 0 Å². The number of aryl methyl sites for hydroxylation is 2. The first kappa shape index (κ1) is 14.7. The molecule has 1 aromatic rings. The highest BCUT2D eigenvalue weighted by atomic mass is 16.4. The Morgan fingerprint density at radius 1 is 1.30 bits per heavy atom. The van der Waals surface area contributed by atoms with E-state index in [1.807, 2.05) is 32.0 Å². The van der Waals surface area contributed by atoms with Crippen molar-refractivity contribution in [3.63, 3.8) is 0 Å². The molecule has 1 aromatic carbocycles. The Morgan fingerprint density at radius 3 is 2.55 bits per heavy atom. The first-order chi connectivity index (χ1) is 9.47. The molecule has 0 heterocycles. The molecule has 0 saturated heterocycles. The SMILES string of the molecule is Cc1ccc(C(=O)C(CCC(=O)O)NC2CC2)cc1C. The Labute approximate surface area is 119 Å². The van der Waals surface area contributed by atoms with Gasteiger partial charge in [-0.25, -0.2) is 0 Å². The highest BCUT2D eigenvalue weighted by Gasteiger charge is 2.29. The van der Waals surface area contributed by atoms with E-state index in [0.29, 0.717) is 18.0 Å². The van der Waals surface area contributed by atoms with Crippen molar-refractivity contribution in [1.82, 2.24) is 5.32 Å². The Bertz CT molecular complexity index is 520. The van der Waals surface area contributed by atoms with E-state index in [-0.39, 0.29) is 18.2 Å². The molecule has 0 spiro atoms. The molecule has 1 aliphatic carbocycles. The highest BCUT2D eigenvalue weighted by molar-refractivity contribution is 6.00. The fraction of sp³-hybridized carbons (Fsp3) is 0.500. The van der Waals surface area contributed by atoms with E-state index in [4.69, 9.17) is 5.11 Å². The van der Waals surface area contributed by atoms with Gasteiger partial charge in [0.25, 0.3) is 0 Å². The van der Waals surface area contributed by atoms with Gasteiger partial charge < -0.3 is 10.4 Å². The van der Waals surface area contributed by atoms with Crippen molar-refractivity contribution in [1.29, 1.82) is 0 Å². The van der Waals surface area contributed by atoms with Gasteiger partial charge in [-0.1, -0.05) is 12.1 Å². The maximum atomic E-state index is 12.5. The van der Waals surface area contributed by atoms with Crippen molar-refractivity contribution in [2.75, 3.05) is 0 Å². The Morgan fingerprint density at radius 2 is 2.00 bits per heavy atom. The number of benzene rings is 1. The summed E-state index contributed by atoms with van der Waals surface area (Å²) in [5.74, 6) is -0.860. The molecule has 4 heteroatoms. The predicted octanol–water partition coefficient (Wildman–Crippen LogP) is 2.47. The molecule has 20 heavy (non-hydrogen) atoms. The molecule has 1 saturated carbocycles. The maximum absolute atomic E-state index is 12.5. The number of carboxylic acid groups (broad SMARTS) is 1. The van der Waals surface area contributed by atoms with Crippen molar-refractivity contribution < 1.29 is 14.7 Å². The van der Waals surface area contributed by atoms with Crippen molar-refractivity contribution in [3.05, 3.63) is 34.9 Å². The second kappa shape index (κ2) is 6.18. The van der Waals surface area contributed by atoms with E-state index in [1.54, 1.807) is 0 Å². The lowest BCUT2D eigenvalue weighted by Gasteiger charge is -2.17. The van der Waals surface area contributed by atoms with Gasteiger partial charge >= 0.3 is 5.97 Å². The van der Waals surface area contributed by atoms with Crippen LogP contribution < -0.4 is 5.32 Å². The number of carbonyl (C=O) groups is 2. The van der Waals surface area contributed by atoms with E-state index in [1.165, 1.54) is 0 Å². The first-order valence-electron chi connectivity index (χ1n) is 7.06. The van der Waals surface area contributed by atoms with Crippen LogP contribution in [0.3, 0.4) is 0 Å². The third-order valence-electron chi connectivity index (χ3n) is 3.77. The molecule has 0 amide bonds. The van der Waals surface area contributed by atoms with E-state index in [2.05, 4.69) is 5.32 Å². The average Bonchev–Trinajstić information content (AvgIpc) is 3.20. The zero-order valence-corrected chi connectivity index (χ0v) is 12.0. The topological polar surface area (TPSA) is 66.4 Å². The third kappa shape index (κ3) is 3.90. The van der Waals surface area contributed by atoms with Crippen LogP contribution in [0.1, 0.15) is 47.2 Å². The molecule has 0 aromatic heterocycles. The van der Waals surface area contributed by atoms with Gasteiger partial charge in [-0.05, 0) is 50.3 Å². The van der Waals surface area contributed by atoms with Crippen LogP contribution in [-0.4, -0.2) is 28.9 Å². The van der Waals surface area contributed by atoms with Gasteiger partial charge in [0.05, 0.1) is 6.04 Å². The molecule has 0 aliphatic heterocycles. The molecular formula is C16H21NO3. The number of nitrogens with one attached hydrogen (secondary N) is 1. The van der Waals surface area contributed by atoms with E-state index < -0.39 is 5.97 Å². The van der Waals surface area contributed by atoms with Crippen molar-refractivity contribution >= 4 is 11.8 Å². The summed E-state index contributed by atoms with van der Waals surface area (Å²) in [4.78, 5) is 23.3. The van der Waals surface area contributed by atoms with Crippen molar-refractivity contribution in [2.45, 2.75) is 51.6 Å². The number of Topliss-reactive ketones (excluding diaryl/α,β-unsaturated/α-hetero) is 1. The van der Waals surface area contributed by atoms with Crippen LogP contribution in [0.25, 0.3) is 0 Å². The van der Waals surface area contributed by atoms with Crippen LogP contribution in [0.5, 0.6) is 0 Å². The third-order valence-corrected chi connectivity index (χ3v) is 3.77. The first-order valence-corrected chi connectivity index (χ1v) is 7.06. The quantitative estimate of drug-likeness (QED) is 0.750.